The number of Topliss-reactive ketones (excluding diaryl/α,β-unsaturated/α-hetero) is 1. The molecule has 0 amide bonds. The van der Waals surface area contributed by atoms with Gasteiger partial charge in [0, 0.05) is 5.56 Å². The van der Waals surface area contributed by atoms with Gasteiger partial charge in [-0.15, -0.1) is 0 Å². The summed E-state index contributed by atoms with van der Waals surface area (Å²) in [5, 5.41) is 0. The van der Waals surface area contributed by atoms with Crippen molar-refractivity contribution in [3.63, 3.8) is 0 Å². The first-order valence-electron chi connectivity index (χ1n) is 21.3. The molecule has 78 heavy (non-hydrogen) atoms. The molecule has 1 aromatic heterocycles. The van der Waals surface area contributed by atoms with Gasteiger partial charge in [0.15, 0.2) is 6.20 Å². The van der Waals surface area contributed by atoms with Gasteiger partial charge in [-0.05, 0) is 38.1 Å². The molecule has 0 spiro atoms. The number of carbonyl (C=O) groups is 2. The Hall–Kier alpha value is -7.30. The number of esters is 1. The summed E-state index contributed by atoms with van der Waals surface area (Å²) in [5.41, 5.74) is -29.4. The van der Waals surface area contributed by atoms with Crippen molar-refractivity contribution in [3.05, 3.63) is 177 Å². The van der Waals surface area contributed by atoms with Gasteiger partial charge in [0.25, 0.3) is 0 Å². The number of carbonyl (C=O) groups excluding carboxylic acids is 2. The summed E-state index contributed by atoms with van der Waals surface area (Å²) < 4.78 is 348. The summed E-state index contributed by atoms with van der Waals surface area (Å²) in [6, 6.07) is 0.202. The molecule has 0 saturated heterocycles. The second kappa shape index (κ2) is 21.5. The Morgan fingerprint density at radius 3 is 0.962 bits per heavy atom. The van der Waals surface area contributed by atoms with Gasteiger partial charge in [0.1, 0.15) is 6.15 Å². The van der Waals surface area contributed by atoms with Gasteiger partial charge in [-0.1, -0.05) is 78.9 Å². The van der Waals surface area contributed by atoms with Crippen molar-refractivity contribution >= 4 is 39.7 Å². The standard InChI is InChI=1S/C32H12BF24.C16H17N2O3/c34-25(35,36)13-1-14(26(37,38)39)6-21(5-13)33(22-7-15(27(40,41)42)2-16(8-22)28(43,44)45,23-9-17(29(46,47)48)3-18(10-23)30(49,50)51)24-11-19(31(52,53)54)4-20(12-24)32(55,56)57;1-12(2)21-16(20)14-10-18(9-8-17-14)11-15(19)13-6-4-3-5-7-13/h1-12H;3-10,12H,11H2,1-2H3/q-1;+1. The third-order valence-electron chi connectivity index (χ3n) is 11.2. The van der Waals surface area contributed by atoms with Gasteiger partial charge < -0.3 is 4.74 Å². The third kappa shape index (κ3) is 14.6. The summed E-state index contributed by atoms with van der Waals surface area (Å²) >= 11 is 0. The van der Waals surface area contributed by atoms with E-state index >= 15 is 0 Å². The molecule has 0 bridgehead atoms. The van der Waals surface area contributed by atoms with E-state index in [1.807, 2.05) is 18.2 Å². The second-order valence-corrected chi connectivity index (χ2v) is 17.1. The summed E-state index contributed by atoms with van der Waals surface area (Å²) in [6.45, 7) is 3.69. The molecule has 0 fully saturated rings. The van der Waals surface area contributed by atoms with Crippen molar-refractivity contribution < 1.29 is 124 Å². The molecule has 0 radical (unpaired) electrons. The smallest absolute Gasteiger partial charge is 0.416 e. The lowest BCUT2D eigenvalue weighted by Crippen LogP contribution is -2.75. The topological polar surface area (TPSA) is 60.1 Å². The minimum atomic E-state index is -6.13. The normalized spacial score (nSPS) is 13.3. The fourth-order valence-electron chi connectivity index (χ4n) is 7.86. The Kier molecular flexibility index (Phi) is 17.0. The number of benzene rings is 5. The molecule has 5 aromatic carbocycles. The number of hydrogen-bond acceptors (Lipinski definition) is 4. The molecule has 0 aliphatic rings. The zero-order valence-electron chi connectivity index (χ0n) is 38.6. The first kappa shape index (κ1) is 61.6. The first-order valence-corrected chi connectivity index (χ1v) is 21.3. The molecule has 30 heteroatoms. The van der Waals surface area contributed by atoms with Crippen LogP contribution in [0.4, 0.5) is 105 Å². The van der Waals surface area contributed by atoms with Crippen LogP contribution in [-0.4, -0.2) is 29.0 Å². The van der Waals surface area contributed by atoms with E-state index in [-0.39, 0.29) is 24.1 Å². The van der Waals surface area contributed by atoms with Crippen LogP contribution in [0, 0.1) is 0 Å². The predicted octanol–water partition coefficient (Wildman–Crippen LogP) is 13.0. The fourth-order valence-corrected chi connectivity index (χ4v) is 7.86. The van der Waals surface area contributed by atoms with Crippen LogP contribution in [-0.2, 0) is 60.7 Å². The maximum Gasteiger partial charge on any atom is 0.416 e. The number of halogens is 24. The first-order chi connectivity index (χ1) is 35.3. The molecular formula is C48H29BF24N2O3. The van der Waals surface area contributed by atoms with Crippen molar-refractivity contribution in [2.24, 2.45) is 0 Å². The van der Waals surface area contributed by atoms with Gasteiger partial charge in [-0.2, -0.15) is 132 Å². The number of aromatic nitrogens is 2. The number of ketones is 1. The average Bonchev–Trinajstić information content (AvgIpc) is 3.29. The molecule has 6 rings (SSSR count). The summed E-state index contributed by atoms with van der Waals surface area (Å²) in [5.74, 6) is -0.526. The van der Waals surface area contributed by atoms with Crippen LogP contribution < -0.4 is 26.4 Å². The van der Waals surface area contributed by atoms with Crippen molar-refractivity contribution in [2.45, 2.75) is 75.9 Å². The maximum absolute atomic E-state index is 14.2. The van der Waals surface area contributed by atoms with E-state index in [0.29, 0.717) is 5.56 Å². The number of ether oxygens (including phenoxy) is 1. The van der Waals surface area contributed by atoms with Gasteiger partial charge >= 0.3 is 55.4 Å². The molecule has 1 heterocycles. The highest BCUT2D eigenvalue weighted by Crippen LogP contribution is 2.41. The van der Waals surface area contributed by atoms with Crippen molar-refractivity contribution in [2.75, 3.05) is 0 Å². The van der Waals surface area contributed by atoms with Gasteiger partial charge in [-0.3, -0.25) is 4.79 Å². The number of nitrogens with zero attached hydrogens (tertiary/aromatic N) is 2. The lowest BCUT2D eigenvalue weighted by atomic mass is 9.12. The molecular weight excluding hydrogens is 1120 g/mol. The molecule has 420 valence electrons. The Balaban J connectivity index is 0.000000443. The second-order valence-electron chi connectivity index (χ2n) is 17.1. The van der Waals surface area contributed by atoms with Crippen LogP contribution in [0.1, 0.15) is 79.2 Å². The zero-order valence-corrected chi connectivity index (χ0v) is 38.6. The van der Waals surface area contributed by atoms with E-state index in [9.17, 15) is 115 Å². The number of alkyl halides is 24. The van der Waals surface area contributed by atoms with Crippen LogP contribution in [0.25, 0.3) is 0 Å². The van der Waals surface area contributed by atoms with Crippen LogP contribution in [0.5, 0.6) is 0 Å². The van der Waals surface area contributed by atoms with E-state index in [1.165, 1.54) is 12.4 Å². The molecule has 0 aliphatic heterocycles. The van der Waals surface area contributed by atoms with Crippen LogP contribution >= 0.6 is 0 Å². The Morgan fingerprint density at radius 2 is 0.718 bits per heavy atom. The quantitative estimate of drug-likeness (QED) is 0.0476. The van der Waals surface area contributed by atoms with E-state index in [1.54, 1.807) is 36.7 Å². The third-order valence-corrected chi connectivity index (χ3v) is 11.2. The van der Waals surface area contributed by atoms with Gasteiger partial charge in [0.05, 0.1) is 56.8 Å². The lowest BCUT2D eigenvalue weighted by Gasteiger charge is -2.46. The average molecular weight is 1150 g/mol. The Morgan fingerprint density at radius 1 is 0.449 bits per heavy atom. The highest BCUT2D eigenvalue weighted by Gasteiger charge is 2.47. The maximum atomic E-state index is 14.2. The molecule has 0 unspecified atom stereocenters. The van der Waals surface area contributed by atoms with E-state index < -0.39 is 201 Å². The monoisotopic (exact) mass is 1150 g/mol. The largest absolute Gasteiger partial charge is 0.458 e. The van der Waals surface area contributed by atoms with E-state index in [2.05, 4.69) is 4.98 Å². The molecule has 0 atom stereocenters. The Labute approximate surface area is 422 Å². The summed E-state index contributed by atoms with van der Waals surface area (Å²) in [6.07, 6.45) is -50.4. The SMILES string of the molecule is CC(C)OC(=O)c1c[n+](CC(=O)c2ccccc2)ccn1.FC(F)(F)c1cc([B-](c2cc(C(F)(F)F)cc(C(F)(F)F)c2)(c2cc(C(F)(F)F)cc(C(F)(F)F)c2)c2cc(C(F)(F)F)cc(C(F)(F)F)c2)cc(C(F)(F)F)c1. The van der Waals surface area contributed by atoms with Crippen LogP contribution in [0.15, 0.2) is 122 Å². The molecule has 6 aromatic rings. The van der Waals surface area contributed by atoms with Gasteiger partial charge in [0.2, 0.25) is 24.2 Å². The minimum Gasteiger partial charge on any atom is -0.458 e. The predicted molar refractivity (Wildman–Crippen MR) is 226 cm³/mol. The van der Waals surface area contributed by atoms with E-state index in [4.69, 9.17) is 4.74 Å². The zero-order chi connectivity index (χ0) is 59.2. The number of rotatable bonds is 9. The molecule has 0 saturated carbocycles. The van der Waals surface area contributed by atoms with Crippen molar-refractivity contribution in [1.29, 1.82) is 0 Å². The minimum absolute atomic E-state index is 0.0324. The summed E-state index contributed by atoms with van der Waals surface area (Å²) in [7, 11) is 0. The van der Waals surface area contributed by atoms with Crippen LogP contribution in [0.3, 0.4) is 0 Å². The van der Waals surface area contributed by atoms with Crippen LogP contribution in [0.2, 0.25) is 0 Å². The van der Waals surface area contributed by atoms with E-state index in [0.717, 1.165) is 0 Å². The lowest BCUT2D eigenvalue weighted by molar-refractivity contribution is -0.683. The van der Waals surface area contributed by atoms with Gasteiger partial charge in [-0.25, -0.2) is 9.78 Å². The van der Waals surface area contributed by atoms with Crippen molar-refractivity contribution in [1.82, 2.24) is 4.98 Å². The highest BCUT2D eigenvalue weighted by atomic mass is 19.4. The Bertz CT molecular complexity index is 2710. The van der Waals surface area contributed by atoms with Crippen molar-refractivity contribution in [3.8, 4) is 0 Å². The molecule has 0 aliphatic carbocycles. The highest BCUT2D eigenvalue weighted by molar-refractivity contribution is 7.20. The fraction of sp³-hybridized carbons (Fsp3) is 0.250. The number of hydrogen-bond donors (Lipinski definition) is 0. The molecule has 5 nitrogen and oxygen atoms in total. The molecule has 0 N–H and O–H groups in total. The summed E-state index contributed by atoms with van der Waals surface area (Å²) in [4.78, 5) is 27.9.